The van der Waals surface area contributed by atoms with Crippen LogP contribution >= 0.6 is 11.8 Å². The van der Waals surface area contributed by atoms with Gasteiger partial charge in [0.2, 0.25) is 0 Å². The highest BCUT2D eigenvalue weighted by atomic mass is 127. The number of hydrogen-bond acceptors (Lipinski definition) is 2. The first kappa shape index (κ1) is 15.7. The fourth-order valence-corrected chi connectivity index (χ4v) is 2.97. The van der Waals surface area contributed by atoms with Crippen LogP contribution in [-0.4, -0.2) is 41.5 Å². The Morgan fingerprint density at radius 1 is 1.47 bits per heavy atom. The van der Waals surface area contributed by atoms with Crippen LogP contribution in [0, 0.1) is 0 Å². The van der Waals surface area contributed by atoms with Gasteiger partial charge >= 0.3 is 0 Å². The van der Waals surface area contributed by atoms with Gasteiger partial charge in [0, 0.05) is 6.92 Å². The molecule has 90 valence electrons. The van der Waals surface area contributed by atoms with E-state index in [9.17, 15) is 4.79 Å². The molecule has 0 aromatic rings. The third-order valence-electron chi connectivity index (χ3n) is 3.51. The molecular formula is C11H22INOS. The maximum atomic E-state index is 10.8. The molecule has 0 bridgehead atoms. The molecule has 0 spiro atoms. The Balaban J connectivity index is 0.00000196. The van der Waals surface area contributed by atoms with Gasteiger partial charge in [-0.3, -0.25) is 4.79 Å². The fourth-order valence-electron chi connectivity index (χ4n) is 2.17. The second kappa shape index (κ2) is 7.12. The molecule has 0 saturated carbocycles. The number of thioether (sulfide) groups is 1. The SMILES string of the molecule is CC(=O)SCC[N+]1(C)CCCCC1C.[I-]. The molecule has 4 heteroatoms. The van der Waals surface area contributed by atoms with Gasteiger partial charge < -0.3 is 28.5 Å². The average molecular weight is 343 g/mol. The molecule has 2 atom stereocenters. The minimum atomic E-state index is 0. The first-order valence-electron chi connectivity index (χ1n) is 5.52. The summed E-state index contributed by atoms with van der Waals surface area (Å²) in [6, 6.07) is 0.774. The molecule has 0 aliphatic carbocycles. The highest BCUT2D eigenvalue weighted by Gasteiger charge is 2.31. The van der Waals surface area contributed by atoms with Gasteiger partial charge in [0.15, 0.2) is 5.12 Å². The lowest BCUT2D eigenvalue weighted by molar-refractivity contribution is -0.934. The smallest absolute Gasteiger partial charge is 0.186 e. The summed E-state index contributed by atoms with van der Waals surface area (Å²) in [5, 5.41) is 0.251. The molecule has 1 fully saturated rings. The predicted octanol–water partition coefficient (Wildman–Crippen LogP) is -0.711. The van der Waals surface area contributed by atoms with E-state index in [-0.39, 0.29) is 29.1 Å². The molecule has 0 radical (unpaired) electrons. The molecule has 1 aliphatic rings. The lowest BCUT2D eigenvalue weighted by Crippen LogP contribution is -3.00. The molecule has 0 amide bonds. The summed E-state index contributed by atoms with van der Waals surface area (Å²) in [6.45, 7) is 6.44. The Kier molecular flexibility index (Phi) is 7.45. The molecule has 0 aromatic carbocycles. The summed E-state index contributed by atoms with van der Waals surface area (Å²) < 4.78 is 1.17. The summed E-state index contributed by atoms with van der Waals surface area (Å²) in [4.78, 5) is 10.8. The van der Waals surface area contributed by atoms with Gasteiger partial charge in [0.1, 0.15) is 0 Å². The summed E-state index contributed by atoms with van der Waals surface area (Å²) in [5.41, 5.74) is 0. The molecule has 2 unspecified atom stereocenters. The van der Waals surface area contributed by atoms with E-state index >= 15 is 0 Å². The van der Waals surface area contributed by atoms with Gasteiger partial charge in [0.05, 0.1) is 31.9 Å². The van der Waals surface area contributed by atoms with E-state index in [1.807, 2.05) is 0 Å². The van der Waals surface area contributed by atoms with Crippen LogP contribution in [-0.2, 0) is 4.79 Å². The Labute approximate surface area is 115 Å². The van der Waals surface area contributed by atoms with Gasteiger partial charge in [-0.05, 0) is 26.2 Å². The van der Waals surface area contributed by atoms with Gasteiger partial charge in [-0.2, -0.15) is 0 Å². The highest BCUT2D eigenvalue weighted by Crippen LogP contribution is 2.23. The van der Waals surface area contributed by atoms with E-state index in [4.69, 9.17) is 0 Å². The van der Waals surface area contributed by atoms with E-state index in [2.05, 4.69) is 14.0 Å². The standard InChI is InChI=1S/C11H22NOS.HI/c1-10-6-4-5-7-12(10,3)8-9-14-11(2)13;/h10H,4-9H2,1-3H3;1H/q+1;/p-1. The number of nitrogens with zero attached hydrogens (tertiary/aromatic N) is 1. The third kappa shape index (κ3) is 5.04. The Morgan fingerprint density at radius 2 is 2.13 bits per heavy atom. The number of hydrogen-bond donors (Lipinski definition) is 0. The van der Waals surface area contributed by atoms with Crippen molar-refractivity contribution in [1.82, 2.24) is 0 Å². The van der Waals surface area contributed by atoms with Crippen molar-refractivity contribution in [1.29, 1.82) is 0 Å². The highest BCUT2D eigenvalue weighted by molar-refractivity contribution is 8.13. The number of likely N-dealkylation sites (tertiary alicyclic amines) is 1. The summed E-state index contributed by atoms with van der Waals surface area (Å²) in [7, 11) is 2.34. The lowest BCUT2D eigenvalue weighted by atomic mass is 10.0. The molecule has 1 saturated heterocycles. The van der Waals surface area contributed by atoms with Crippen molar-refractivity contribution in [3.8, 4) is 0 Å². The van der Waals surface area contributed by atoms with Crippen LogP contribution in [0.4, 0.5) is 0 Å². The first-order valence-corrected chi connectivity index (χ1v) is 6.51. The number of carbonyl (C=O) groups excluding carboxylic acids is 1. The van der Waals surface area contributed by atoms with Crippen molar-refractivity contribution in [2.45, 2.75) is 39.2 Å². The number of halogens is 1. The minimum Gasteiger partial charge on any atom is -1.00 e. The van der Waals surface area contributed by atoms with Gasteiger partial charge in [-0.15, -0.1) is 0 Å². The number of carbonyl (C=O) groups is 1. The predicted molar refractivity (Wildman–Crippen MR) is 62.4 cm³/mol. The van der Waals surface area contributed by atoms with E-state index in [1.165, 1.54) is 42.1 Å². The normalized spacial score (nSPS) is 30.7. The molecule has 15 heavy (non-hydrogen) atoms. The van der Waals surface area contributed by atoms with Gasteiger partial charge in [-0.25, -0.2) is 0 Å². The first-order chi connectivity index (χ1) is 6.54. The Morgan fingerprint density at radius 3 is 2.67 bits per heavy atom. The second-order valence-corrected chi connectivity index (χ2v) is 5.88. The molecule has 0 N–H and O–H groups in total. The zero-order chi connectivity index (χ0) is 10.6. The van der Waals surface area contributed by atoms with Crippen LogP contribution in [0.15, 0.2) is 0 Å². The largest absolute Gasteiger partial charge is 1.00 e. The fraction of sp³-hybridized carbons (Fsp3) is 0.909. The van der Waals surface area contributed by atoms with E-state index in [0.29, 0.717) is 0 Å². The number of quaternary nitrogens is 1. The van der Waals surface area contributed by atoms with Crippen LogP contribution in [0.5, 0.6) is 0 Å². The van der Waals surface area contributed by atoms with Crippen molar-refractivity contribution in [2.75, 3.05) is 25.9 Å². The van der Waals surface area contributed by atoms with Crippen LogP contribution in [0.2, 0.25) is 0 Å². The molecule has 0 aromatic heterocycles. The molecule has 1 aliphatic heterocycles. The summed E-state index contributed by atoms with van der Waals surface area (Å²) >= 11 is 1.47. The zero-order valence-electron chi connectivity index (χ0n) is 9.96. The Hall–Kier alpha value is 0.710. The second-order valence-electron chi connectivity index (χ2n) is 4.61. The molecule has 1 heterocycles. The Bertz CT molecular complexity index is 213. The van der Waals surface area contributed by atoms with Gasteiger partial charge in [0.25, 0.3) is 0 Å². The van der Waals surface area contributed by atoms with Crippen molar-refractivity contribution >= 4 is 16.9 Å². The summed E-state index contributed by atoms with van der Waals surface area (Å²) in [6.07, 6.45) is 4.08. The monoisotopic (exact) mass is 343 g/mol. The van der Waals surface area contributed by atoms with Crippen LogP contribution in [0.3, 0.4) is 0 Å². The van der Waals surface area contributed by atoms with Crippen LogP contribution < -0.4 is 24.0 Å². The zero-order valence-corrected chi connectivity index (χ0v) is 12.9. The lowest BCUT2D eigenvalue weighted by Gasteiger charge is -2.43. The van der Waals surface area contributed by atoms with Crippen LogP contribution in [0.1, 0.15) is 33.1 Å². The summed E-state index contributed by atoms with van der Waals surface area (Å²) in [5.74, 6) is 0.982. The van der Waals surface area contributed by atoms with E-state index < -0.39 is 0 Å². The maximum Gasteiger partial charge on any atom is 0.186 e. The average Bonchev–Trinajstić information content (AvgIpc) is 2.10. The van der Waals surface area contributed by atoms with E-state index in [0.717, 1.165) is 18.3 Å². The van der Waals surface area contributed by atoms with Crippen molar-refractivity contribution in [3.05, 3.63) is 0 Å². The maximum absolute atomic E-state index is 10.8. The molecule has 2 nitrogen and oxygen atoms in total. The van der Waals surface area contributed by atoms with Crippen molar-refractivity contribution < 1.29 is 33.3 Å². The quantitative estimate of drug-likeness (QED) is 0.498. The third-order valence-corrected chi connectivity index (χ3v) is 4.31. The topological polar surface area (TPSA) is 17.1 Å². The number of piperidine rings is 1. The van der Waals surface area contributed by atoms with Crippen molar-refractivity contribution in [3.63, 3.8) is 0 Å². The molecule has 1 rings (SSSR count). The van der Waals surface area contributed by atoms with Crippen molar-refractivity contribution in [2.24, 2.45) is 0 Å². The van der Waals surface area contributed by atoms with Gasteiger partial charge in [-0.1, -0.05) is 11.8 Å². The van der Waals surface area contributed by atoms with E-state index in [1.54, 1.807) is 6.92 Å². The number of rotatable bonds is 3. The minimum absolute atomic E-state index is 0. The molecular weight excluding hydrogens is 321 g/mol. The van der Waals surface area contributed by atoms with Crippen LogP contribution in [0.25, 0.3) is 0 Å².